The highest BCUT2D eigenvalue weighted by Crippen LogP contribution is 2.11. The van der Waals surface area contributed by atoms with Crippen LogP contribution in [0.15, 0.2) is 12.4 Å². The Balaban J connectivity index is 2.41. The Morgan fingerprint density at radius 3 is 2.48 bits per heavy atom. The van der Waals surface area contributed by atoms with Gasteiger partial charge in [-0.25, -0.2) is 4.79 Å². The number of hydrogen-bond acceptors (Lipinski definition) is 5. The lowest BCUT2D eigenvalue weighted by atomic mass is 10.2. The predicted molar refractivity (Wildman–Crippen MR) is 82.0 cm³/mol. The molecule has 0 spiro atoms. The van der Waals surface area contributed by atoms with E-state index in [-0.39, 0.29) is 12.1 Å². The molecule has 6 nitrogen and oxygen atoms in total. The van der Waals surface area contributed by atoms with Gasteiger partial charge in [0.2, 0.25) is 0 Å². The van der Waals surface area contributed by atoms with Gasteiger partial charge in [0.1, 0.15) is 5.60 Å². The lowest BCUT2D eigenvalue weighted by Gasteiger charge is -2.23. The first-order valence-corrected chi connectivity index (χ1v) is 7.19. The van der Waals surface area contributed by atoms with E-state index in [4.69, 9.17) is 4.74 Å². The summed E-state index contributed by atoms with van der Waals surface area (Å²) in [5, 5.41) is 6.13. The third-order valence-corrected chi connectivity index (χ3v) is 2.82. The number of hydrogen-bond donors (Lipinski definition) is 2. The molecular weight excluding hydrogens is 268 g/mol. The molecular formula is C15H26N4O2. The number of nitrogens with zero attached hydrogens (tertiary/aromatic N) is 2. The third kappa shape index (κ3) is 6.53. The summed E-state index contributed by atoms with van der Waals surface area (Å²) in [4.78, 5) is 20.2. The fourth-order valence-corrected chi connectivity index (χ4v) is 1.85. The van der Waals surface area contributed by atoms with E-state index in [1.165, 1.54) is 0 Å². The summed E-state index contributed by atoms with van der Waals surface area (Å²) in [7, 11) is 0. The van der Waals surface area contributed by atoms with Crippen molar-refractivity contribution >= 4 is 6.09 Å². The first kappa shape index (κ1) is 17.4. The lowest BCUT2D eigenvalue weighted by molar-refractivity contribution is 0.0507. The van der Waals surface area contributed by atoms with Crippen LogP contribution >= 0.6 is 0 Å². The van der Waals surface area contributed by atoms with Gasteiger partial charge in [0, 0.05) is 31.0 Å². The van der Waals surface area contributed by atoms with E-state index in [1.807, 2.05) is 41.5 Å². The maximum Gasteiger partial charge on any atom is 0.407 e. The SMILES string of the molecule is Cc1nccnc1C(C)NCC(C)NC(=O)OC(C)(C)C. The van der Waals surface area contributed by atoms with Crippen LogP contribution in [-0.2, 0) is 4.74 Å². The molecule has 118 valence electrons. The van der Waals surface area contributed by atoms with Crippen LogP contribution in [0.1, 0.15) is 52.0 Å². The third-order valence-electron chi connectivity index (χ3n) is 2.82. The average molecular weight is 294 g/mol. The van der Waals surface area contributed by atoms with Gasteiger partial charge in [-0.05, 0) is 41.5 Å². The van der Waals surface area contributed by atoms with Gasteiger partial charge in [-0.1, -0.05) is 0 Å². The lowest BCUT2D eigenvalue weighted by Crippen LogP contribution is -2.43. The number of carbonyl (C=O) groups excluding carboxylic acids is 1. The molecule has 1 amide bonds. The van der Waals surface area contributed by atoms with E-state index in [1.54, 1.807) is 12.4 Å². The van der Waals surface area contributed by atoms with Crippen molar-refractivity contribution < 1.29 is 9.53 Å². The second-order valence-corrected chi connectivity index (χ2v) is 6.20. The maximum absolute atomic E-state index is 11.7. The van der Waals surface area contributed by atoms with Crippen LogP contribution in [-0.4, -0.2) is 34.2 Å². The van der Waals surface area contributed by atoms with Crippen LogP contribution in [0.5, 0.6) is 0 Å². The zero-order chi connectivity index (χ0) is 16.0. The Morgan fingerprint density at radius 1 is 1.29 bits per heavy atom. The minimum absolute atomic E-state index is 0.0423. The normalized spacial score (nSPS) is 14.4. The van der Waals surface area contributed by atoms with E-state index in [0.29, 0.717) is 6.54 Å². The summed E-state index contributed by atoms with van der Waals surface area (Å²) in [5.41, 5.74) is 1.34. The van der Waals surface area contributed by atoms with E-state index in [0.717, 1.165) is 11.4 Å². The van der Waals surface area contributed by atoms with Crippen molar-refractivity contribution in [2.45, 2.75) is 59.2 Å². The smallest absolute Gasteiger partial charge is 0.407 e. The monoisotopic (exact) mass is 294 g/mol. The Hall–Kier alpha value is -1.69. The van der Waals surface area contributed by atoms with Crippen LogP contribution in [0.4, 0.5) is 4.79 Å². The molecule has 1 rings (SSSR count). The van der Waals surface area contributed by atoms with E-state index >= 15 is 0 Å². The molecule has 1 heterocycles. The second kappa shape index (κ2) is 7.36. The van der Waals surface area contributed by atoms with Crippen molar-refractivity contribution in [2.24, 2.45) is 0 Å². The number of aryl methyl sites for hydroxylation is 1. The Morgan fingerprint density at radius 2 is 1.90 bits per heavy atom. The van der Waals surface area contributed by atoms with Gasteiger partial charge < -0.3 is 15.4 Å². The van der Waals surface area contributed by atoms with Crippen molar-refractivity contribution in [2.75, 3.05) is 6.54 Å². The van der Waals surface area contributed by atoms with Gasteiger partial charge >= 0.3 is 6.09 Å². The Bertz CT molecular complexity index is 471. The number of nitrogens with one attached hydrogen (secondary N) is 2. The van der Waals surface area contributed by atoms with Crippen molar-refractivity contribution in [3.8, 4) is 0 Å². The molecule has 0 saturated carbocycles. The van der Waals surface area contributed by atoms with Crippen molar-refractivity contribution in [1.82, 2.24) is 20.6 Å². The summed E-state index contributed by atoms with van der Waals surface area (Å²) in [6, 6.07) is 0.0286. The van der Waals surface area contributed by atoms with Crippen molar-refractivity contribution in [3.05, 3.63) is 23.8 Å². The van der Waals surface area contributed by atoms with Gasteiger partial charge in [0.25, 0.3) is 0 Å². The zero-order valence-electron chi connectivity index (χ0n) is 13.7. The highest BCUT2D eigenvalue weighted by molar-refractivity contribution is 5.68. The quantitative estimate of drug-likeness (QED) is 0.871. The largest absolute Gasteiger partial charge is 0.444 e. The molecule has 1 aromatic rings. The first-order chi connectivity index (χ1) is 9.69. The molecule has 0 saturated heterocycles. The number of carbonyl (C=O) groups is 1. The minimum Gasteiger partial charge on any atom is -0.444 e. The molecule has 21 heavy (non-hydrogen) atoms. The molecule has 0 radical (unpaired) electrons. The highest BCUT2D eigenvalue weighted by atomic mass is 16.6. The van der Waals surface area contributed by atoms with Crippen LogP contribution < -0.4 is 10.6 Å². The van der Waals surface area contributed by atoms with Crippen LogP contribution in [0.2, 0.25) is 0 Å². The van der Waals surface area contributed by atoms with E-state index < -0.39 is 11.7 Å². The number of alkyl carbamates (subject to hydrolysis) is 1. The minimum atomic E-state index is -0.485. The summed E-state index contributed by atoms with van der Waals surface area (Å²) >= 11 is 0. The van der Waals surface area contributed by atoms with Crippen LogP contribution in [0.25, 0.3) is 0 Å². The second-order valence-electron chi connectivity index (χ2n) is 6.20. The molecule has 1 aromatic heterocycles. The molecule has 0 fully saturated rings. The van der Waals surface area contributed by atoms with Crippen molar-refractivity contribution in [1.29, 1.82) is 0 Å². The molecule has 0 aliphatic rings. The number of rotatable bonds is 5. The predicted octanol–water partition coefficient (Wildman–Crippen LogP) is 2.35. The van der Waals surface area contributed by atoms with Crippen molar-refractivity contribution in [3.63, 3.8) is 0 Å². The number of ether oxygens (including phenoxy) is 1. The Labute approximate surface area is 126 Å². The fraction of sp³-hybridized carbons (Fsp3) is 0.667. The van der Waals surface area contributed by atoms with Gasteiger partial charge in [-0.3, -0.25) is 9.97 Å². The zero-order valence-corrected chi connectivity index (χ0v) is 13.7. The molecule has 0 aliphatic carbocycles. The van der Waals surface area contributed by atoms with Crippen LogP contribution in [0, 0.1) is 6.92 Å². The number of amides is 1. The standard InChI is InChI=1S/C15H26N4O2/c1-10(19-14(20)21-15(4,5)6)9-18-12(3)13-11(2)16-7-8-17-13/h7-8,10,12,18H,9H2,1-6H3,(H,19,20). The van der Waals surface area contributed by atoms with Gasteiger partial charge in [0.15, 0.2) is 0 Å². The molecule has 2 atom stereocenters. The molecule has 0 aliphatic heterocycles. The summed E-state index contributed by atoms with van der Waals surface area (Å²) in [5.74, 6) is 0. The van der Waals surface area contributed by atoms with Gasteiger partial charge in [0.05, 0.1) is 11.4 Å². The Kier molecular flexibility index (Phi) is 6.08. The molecule has 0 bridgehead atoms. The van der Waals surface area contributed by atoms with Gasteiger partial charge in [-0.15, -0.1) is 0 Å². The van der Waals surface area contributed by atoms with E-state index in [9.17, 15) is 4.79 Å². The summed E-state index contributed by atoms with van der Waals surface area (Å²) in [6.07, 6.45) is 2.96. The van der Waals surface area contributed by atoms with Gasteiger partial charge in [-0.2, -0.15) is 0 Å². The first-order valence-electron chi connectivity index (χ1n) is 7.19. The summed E-state index contributed by atoms with van der Waals surface area (Å²) in [6.45, 7) is 12.0. The maximum atomic E-state index is 11.7. The van der Waals surface area contributed by atoms with Crippen LogP contribution in [0.3, 0.4) is 0 Å². The molecule has 0 aromatic carbocycles. The molecule has 2 unspecified atom stereocenters. The summed E-state index contributed by atoms with van der Waals surface area (Å²) < 4.78 is 5.22. The number of aromatic nitrogens is 2. The fourth-order valence-electron chi connectivity index (χ4n) is 1.85. The van der Waals surface area contributed by atoms with E-state index in [2.05, 4.69) is 20.6 Å². The average Bonchev–Trinajstić information content (AvgIpc) is 2.34. The highest BCUT2D eigenvalue weighted by Gasteiger charge is 2.18. The molecule has 2 N–H and O–H groups in total. The topological polar surface area (TPSA) is 76.1 Å². The molecule has 6 heteroatoms.